The number of ether oxygens (including phenoxy) is 1. The number of esters is 1. The molecule has 1 amide bonds. The molecule has 0 bridgehead atoms. The predicted molar refractivity (Wildman–Crippen MR) is 92.4 cm³/mol. The van der Waals surface area contributed by atoms with Crippen molar-refractivity contribution in [1.82, 2.24) is 10.2 Å². The van der Waals surface area contributed by atoms with Crippen molar-refractivity contribution in [3.8, 4) is 0 Å². The first kappa shape index (κ1) is 16.5. The van der Waals surface area contributed by atoms with Gasteiger partial charge in [-0.15, -0.1) is 0 Å². The summed E-state index contributed by atoms with van der Waals surface area (Å²) in [5, 5.41) is 5.20. The Morgan fingerprint density at radius 1 is 1.25 bits per heavy atom. The first-order chi connectivity index (χ1) is 11.7. The van der Waals surface area contributed by atoms with E-state index >= 15 is 0 Å². The summed E-state index contributed by atoms with van der Waals surface area (Å²) in [7, 11) is 0. The molecule has 5 nitrogen and oxygen atoms in total. The van der Waals surface area contributed by atoms with Crippen molar-refractivity contribution >= 4 is 22.6 Å². The van der Waals surface area contributed by atoms with Crippen LogP contribution >= 0.6 is 0 Å². The molecule has 3 rings (SSSR count). The molecule has 1 saturated heterocycles. The lowest BCUT2D eigenvalue weighted by molar-refractivity contribution is -0.148. The molecule has 1 heterocycles. The molecule has 1 aliphatic heterocycles. The van der Waals surface area contributed by atoms with Crippen molar-refractivity contribution in [1.29, 1.82) is 0 Å². The Morgan fingerprint density at radius 2 is 2.04 bits per heavy atom. The van der Waals surface area contributed by atoms with E-state index in [0.717, 1.165) is 12.1 Å². The number of rotatable bonds is 5. The first-order valence-electron chi connectivity index (χ1n) is 8.33. The van der Waals surface area contributed by atoms with E-state index in [4.69, 9.17) is 4.74 Å². The summed E-state index contributed by atoms with van der Waals surface area (Å²) < 4.78 is 5.02. The standard InChI is InChI=1S/C19H22N2O3/c1-2-24-18(22)12-17-19(23)20-10-11-21(17)13-15-8-5-7-14-6-3-4-9-16(14)15/h3-9,17H,2,10-13H2,1H3,(H,20,23). The van der Waals surface area contributed by atoms with Crippen LogP contribution < -0.4 is 5.32 Å². The van der Waals surface area contributed by atoms with E-state index in [0.29, 0.717) is 19.7 Å². The van der Waals surface area contributed by atoms with Gasteiger partial charge in [-0.3, -0.25) is 14.5 Å². The van der Waals surface area contributed by atoms with Gasteiger partial charge >= 0.3 is 5.97 Å². The zero-order valence-corrected chi connectivity index (χ0v) is 13.8. The van der Waals surface area contributed by atoms with Gasteiger partial charge in [0.15, 0.2) is 0 Å². The Morgan fingerprint density at radius 3 is 2.88 bits per heavy atom. The highest BCUT2D eigenvalue weighted by atomic mass is 16.5. The summed E-state index contributed by atoms with van der Waals surface area (Å²) in [5.41, 5.74) is 1.16. The molecule has 1 fully saturated rings. The van der Waals surface area contributed by atoms with Crippen molar-refractivity contribution in [2.75, 3.05) is 19.7 Å². The molecule has 1 unspecified atom stereocenters. The summed E-state index contributed by atoms with van der Waals surface area (Å²) >= 11 is 0. The summed E-state index contributed by atoms with van der Waals surface area (Å²) in [4.78, 5) is 26.1. The van der Waals surface area contributed by atoms with Crippen LogP contribution in [0.4, 0.5) is 0 Å². The minimum Gasteiger partial charge on any atom is -0.466 e. The van der Waals surface area contributed by atoms with Gasteiger partial charge in [-0.1, -0.05) is 42.5 Å². The lowest BCUT2D eigenvalue weighted by atomic mass is 10.0. The third-order valence-corrected chi connectivity index (χ3v) is 4.36. The Hall–Kier alpha value is -2.40. The second kappa shape index (κ2) is 7.45. The van der Waals surface area contributed by atoms with E-state index in [2.05, 4.69) is 34.5 Å². The Bertz CT molecular complexity index is 739. The molecule has 0 saturated carbocycles. The number of hydrogen-bond acceptors (Lipinski definition) is 4. The molecule has 0 radical (unpaired) electrons. The summed E-state index contributed by atoms with van der Waals surface area (Å²) in [6, 6.07) is 13.9. The fourth-order valence-corrected chi connectivity index (χ4v) is 3.20. The zero-order chi connectivity index (χ0) is 16.9. The van der Waals surface area contributed by atoms with E-state index in [1.54, 1.807) is 6.92 Å². The molecule has 1 N–H and O–H groups in total. The maximum Gasteiger partial charge on any atom is 0.307 e. The van der Waals surface area contributed by atoms with E-state index in [9.17, 15) is 9.59 Å². The maximum atomic E-state index is 12.2. The van der Waals surface area contributed by atoms with Gasteiger partial charge in [0, 0.05) is 19.6 Å². The number of nitrogens with one attached hydrogen (secondary N) is 1. The van der Waals surface area contributed by atoms with Gasteiger partial charge in [0.1, 0.15) is 6.04 Å². The van der Waals surface area contributed by atoms with Crippen LogP contribution in [-0.2, 0) is 20.9 Å². The van der Waals surface area contributed by atoms with Crippen LogP contribution in [0.5, 0.6) is 0 Å². The van der Waals surface area contributed by atoms with Crippen LogP contribution in [0, 0.1) is 0 Å². The molecule has 126 valence electrons. The highest BCUT2D eigenvalue weighted by Crippen LogP contribution is 2.22. The van der Waals surface area contributed by atoms with Gasteiger partial charge in [-0.05, 0) is 23.3 Å². The normalized spacial score (nSPS) is 18.4. The van der Waals surface area contributed by atoms with E-state index in [-0.39, 0.29) is 18.3 Å². The lowest BCUT2D eigenvalue weighted by Gasteiger charge is -2.34. The largest absolute Gasteiger partial charge is 0.466 e. The van der Waals surface area contributed by atoms with Crippen LogP contribution in [0.25, 0.3) is 10.8 Å². The Labute approximate surface area is 141 Å². The van der Waals surface area contributed by atoms with E-state index in [1.165, 1.54) is 10.8 Å². The molecule has 0 spiro atoms. The third-order valence-electron chi connectivity index (χ3n) is 4.36. The smallest absolute Gasteiger partial charge is 0.307 e. The number of benzene rings is 2. The highest BCUT2D eigenvalue weighted by molar-refractivity contribution is 5.88. The number of nitrogens with zero attached hydrogens (tertiary/aromatic N) is 1. The van der Waals surface area contributed by atoms with Gasteiger partial charge in [-0.25, -0.2) is 0 Å². The number of hydrogen-bond donors (Lipinski definition) is 1. The monoisotopic (exact) mass is 326 g/mol. The number of carbonyl (C=O) groups excluding carboxylic acids is 2. The minimum absolute atomic E-state index is 0.0877. The minimum atomic E-state index is -0.475. The molecule has 1 aliphatic rings. The fraction of sp³-hybridized carbons (Fsp3) is 0.368. The van der Waals surface area contributed by atoms with Gasteiger partial charge < -0.3 is 10.1 Å². The SMILES string of the molecule is CCOC(=O)CC1C(=O)NCCN1Cc1cccc2ccccc12. The zero-order valence-electron chi connectivity index (χ0n) is 13.8. The molecular weight excluding hydrogens is 304 g/mol. The molecule has 0 aliphatic carbocycles. The van der Waals surface area contributed by atoms with E-state index in [1.807, 2.05) is 18.2 Å². The molecule has 2 aromatic rings. The summed E-state index contributed by atoms with van der Waals surface area (Å²) in [5.74, 6) is -0.433. The molecule has 0 aromatic heterocycles. The molecule has 24 heavy (non-hydrogen) atoms. The van der Waals surface area contributed by atoms with Gasteiger partial charge in [0.2, 0.25) is 5.91 Å². The second-order valence-electron chi connectivity index (χ2n) is 5.92. The molecule has 2 aromatic carbocycles. The van der Waals surface area contributed by atoms with Crippen LogP contribution in [0.2, 0.25) is 0 Å². The van der Waals surface area contributed by atoms with Gasteiger partial charge in [0.25, 0.3) is 0 Å². The first-order valence-corrected chi connectivity index (χ1v) is 8.33. The third kappa shape index (κ3) is 3.57. The quantitative estimate of drug-likeness (QED) is 0.855. The Kier molecular flexibility index (Phi) is 5.11. The van der Waals surface area contributed by atoms with Crippen molar-refractivity contribution in [2.24, 2.45) is 0 Å². The van der Waals surface area contributed by atoms with Crippen molar-refractivity contribution in [3.63, 3.8) is 0 Å². The van der Waals surface area contributed by atoms with E-state index < -0.39 is 6.04 Å². The Balaban J connectivity index is 1.82. The topological polar surface area (TPSA) is 58.6 Å². The number of amides is 1. The second-order valence-corrected chi connectivity index (χ2v) is 5.92. The number of piperazine rings is 1. The molecular formula is C19H22N2O3. The van der Waals surface area contributed by atoms with Gasteiger partial charge in [-0.2, -0.15) is 0 Å². The fourth-order valence-electron chi connectivity index (χ4n) is 3.20. The summed E-state index contributed by atoms with van der Waals surface area (Å²) in [6.45, 7) is 4.06. The number of carbonyl (C=O) groups is 2. The maximum absolute atomic E-state index is 12.2. The van der Waals surface area contributed by atoms with Crippen LogP contribution in [0.1, 0.15) is 18.9 Å². The van der Waals surface area contributed by atoms with Gasteiger partial charge in [0.05, 0.1) is 13.0 Å². The molecule has 5 heteroatoms. The average Bonchev–Trinajstić information content (AvgIpc) is 2.58. The van der Waals surface area contributed by atoms with Crippen LogP contribution in [0.3, 0.4) is 0 Å². The average molecular weight is 326 g/mol. The van der Waals surface area contributed by atoms with Crippen molar-refractivity contribution in [3.05, 3.63) is 48.0 Å². The van der Waals surface area contributed by atoms with Crippen LogP contribution in [-0.4, -0.2) is 42.5 Å². The van der Waals surface area contributed by atoms with Crippen molar-refractivity contribution in [2.45, 2.75) is 25.9 Å². The predicted octanol–water partition coefficient (Wildman–Crippen LogP) is 2.09. The van der Waals surface area contributed by atoms with Crippen molar-refractivity contribution < 1.29 is 14.3 Å². The van der Waals surface area contributed by atoms with Crippen LogP contribution in [0.15, 0.2) is 42.5 Å². The molecule has 1 atom stereocenters. The highest BCUT2D eigenvalue weighted by Gasteiger charge is 2.32. The lowest BCUT2D eigenvalue weighted by Crippen LogP contribution is -2.55. The number of fused-ring (bicyclic) bond motifs is 1. The summed E-state index contributed by atoms with van der Waals surface area (Å²) in [6.07, 6.45) is 0.0877.